The van der Waals surface area contributed by atoms with Gasteiger partial charge in [0.25, 0.3) is 0 Å². The van der Waals surface area contributed by atoms with E-state index < -0.39 is 0 Å². The van der Waals surface area contributed by atoms with Crippen LogP contribution in [0, 0.1) is 23.7 Å². The normalized spacial score (nSPS) is 17.5. The van der Waals surface area contributed by atoms with E-state index in [0.29, 0.717) is 11.8 Å². The van der Waals surface area contributed by atoms with Gasteiger partial charge in [0.1, 0.15) is 0 Å². The highest BCUT2D eigenvalue weighted by molar-refractivity contribution is 4.78. The first-order valence-corrected chi connectivity index (χ1v) is 9.15. The summed E-state index contributed by atoms with van der Waals surface area (Å²) in [6.45, 7) is 15.2. The lowest BCUT2D eigenvalue weighted by atomic mass is 9.90. The van der Waals surface area contributed by atoms with Crippen molar-refractivity contribution in [1.82, 2.24) is 0 Å². The minimum atomic E-state index is -0.156. The maximum Gasteiger partial charge on any atom is 0.0548 e. The van der Waals surface area contributed by atoms with Gasteiger partial charge in [-0.1, -0.05) is 79.2 Å². The molecule has 0 aromatic carbocycles. The van der Waals surface area contributed by atoms with Crippen LogP contribution in [0.5, 0.6) is 0 Å². The van der Waals surface area contributed by atoms with Gasteiger partial charge in [0.15, 0.2) is 0 Å². The van der Waals surface area contributed by atoms with Gasteiger partial charge in [0.05, 0.1) is 6.10 Å². The molecule has 0 aliphatic heterocycles. The van der Waals surface area contributed by atoms with Crippen molar-refractivity contribution in [3.63, 3.8) is 0 Å². The fourth-order valence-electron chi connectivity index (χ4n) is 3.04. The molecular formula is C20H40O. The van der Waals surface area contributed by atoms with Crippen LogP contribution in [0.2, 0.25) is 0 Å². The first-order chi connectivity index (χ1) is 9.85. The highest BCUT2D eigenvalue weighted by Gasteiger charge is 2.13. The van der Waals surface area contributed by atoms with Crippen molar-refractivity contribution in [2.24, 2.45) is 23.7 Å². The molecule has 0 aliphatic rings. The summed E-state index contributed by atoms with van der Waals surface area (Å²) in [6.07, 6.45) is 11.6. The first-order valence-electron chi connectivity index (χ1n) is 9.15. The Bertz CT molecular complexity index is 246. The second-order valence-corrected chi connectivity index (χ2v) is 7.80. The molecule has 0 aromatic rings. The molecule has 0 fully saturated rings. The van der Waals surface area contributed by atoms with Crippen LogP contribution in [-0.4, -0.2) is 11.2 Å². The van der Waals surface area contributed by atoms with Crippen LogP contribution in [0.1, 0.15) is 86.0 Å². The van der Waals surface area contributed by atoms with E-state index in [-0.39, 0.29) is 6.10 Å². The van der Waals surface area contributed by atoms with E-state index in [0.717, 1.165) is 24.7 Å². The van der Waals surface area contributed by atoms with Crippen LogP contribution < -0.4 is 0 Å². The predicted octanol–water partition coefficient (Wildman–Crippen LogP) is 6.22. The standard InChI is InChI=1S/C20H40O/c1-7-17(4)14-20(21)15-19(6)13-9-12-18(5)11-8-10-16(2)3/h7,16-21H,1,8-15H2,2-6H3. The average Bonchev–Trinajstić information content (AvgIpc) is 2.37. The molecule has 0 spiro atoms. The third kappa shape index (κ3) is 13.1. The van der Waals surface area contributed by atoms with Gasteiger partial charge in [-0.15, -0.1) is 6.58 Å². The number of hydrogen-bond donors (Lipinski definition) is 1. The molecule has 0 saturated heterocycles. The molecule has 4 atom stereocenters. The molecule has 126 valence electrons. The third-order valence-corrected chi connectivity index (χ3v) is 4.59. The molecule has 21 heavy (non-hydrogen) atoms. The van der Waals surface area contributed by atoms with Crippen LogP contribution in [0.3, 0.4) is 0 Å². The van der Waals surface area contributed by atoms with Crippen molar-refractivity contribution < 1.29 is 5.11 Å². The highest BCUT2D eigenvalue weighted by Crippen LogP contribution is 2.22. The van der Waals surface area contributed by atoms with Gasteiger partial charge in [-0.25, -0.2) is 0 Å². The van der Waals surface area contributed by atoms with Gasteiger partial charge in [-0.05, 0) is 36.5 Å². The minimum Gasteiger partial charge on any atom is -0.393 e. The van der Waals surface area contributed by atoms with Crippen molar-refractivity contribution in [3.8, 4) is 0 Å². The molecule has 1 heteroatoms. The maximum atomic E-state index is 10.0. The summed E-state index contributed by atoms with van der Waals surface area (Å²) in [7, 11) is 0. The molecular weight excluding hydrogens is 256 g/mol. The molecule has 0 radical (unpaired) electrons. The van der Waals surface area contributed by atoms with E-state index in [2.05, 4.69) is 41.2 Å². The van der Waals surface area contributed by atoms with Crippen molar-refractivity contribution in [2.75, 3.05) is 0 Å². The zero-order valence-electron chi connectivity index (χ0n) is 15.3. The van der Waals surface area contributed by atoms with Crippen LogP contribution in [0.4, 0.5) is 0 Å². The molecule has 4 unspecified atom stereocenters. The van der Waals surface area contributed by atoms with E-state index >= 15 is 0 Å². The van der Waals surface area contributed by atoms with Crippen LogP contribution in [0.25, 0.3) is 0 Å². The Morgan fingerprint density at radius 3 is 1.86 bits per heavy atom. The Labute approximate surface area is 134 Å². The van der Waals surface area contributed by atoms with Crippen molar-refractivity contribution in [1.29, 1.82) is 0 Å². The van der Waals surface area contributed by atoms with E-state index in [9.17, 15) is 5.11 Å². The molecule has 0 bridgehead atoms. The lowest BCUT2D eigenvalue weighted by Crippen LogP contribution is -2.14. The van der Waals surface area contributed by atoms with Crippen LogP contribution >= 0.6 is 0 Å². The minimum absolute atomic E-state index is 0.156. The molecule has 0 rings (SSSR count). The van der Waals surface area contributed by atoms with Gasteiger partial charge < -0.3 is 5.11 Å². The first kappa shape index (κ1) is 20.7. The molecule has 0 heterocycles. The number of rotatable bonds is 13. The largest absolute Gasteiger partial charge is 0.393 e. The van der Waals surface area contributed by atoms with Gasteiger partial charge in [0, 0.05) is 0 Å². The fourth-order valence-corrected chi connectivity index (χ4v) is 3.04. The van der Waals surface area contributed by atoms with Crippen molar-refractivity contribution in [3.05, 3.63) is 12.7 Å². The Balaban J connectivity index is 3.64. The van der Waals surface area contributed by atoms with Gasteiger partial charge in [0.2, 0.25) is 0 Å². The quantitative estimate of drug-likeness (QED) is 0.400. The number of allylic oxidation sites excluding steroid dienone is 1. The Morgan fingerprint density at radius 2 is 1.33 bits per heavy atom. The Hall–Kier alpha value is -0.300. The van der Waals surface area contributed by atoms with Gasteiger partial charge in [-0.3, -0.25) is 0 Å². The summed E-state index contributed by atoms with van der Waals surface area (Å²) in [5, 5.41) is 10.0. The molecule has 0 amide bonds. The van der Waals surface area contributed by atoms with Crippen LogP contribution in [-0.2, 0) is 0 Å². The maximum absolute atomic E-state index is 10.0. The van der Waals surface area contributed by atoms with Gasteiger partial charge >= 0.3 is 0 Å². The van der Waals surface area contributed by atoms with Gasteiger partial charge in [-0.2, -0.15) is 0 Å². The summed E-state index contributed by atoms with van der Waals surface area (Å²) < 4.78 is 0. The van der Waals surface area contributed by atoms with Crippen molar-refractivity contribution >= 4 is 0 Å². The van der Waals surface area contributed by atoms with E-state index in [1.54, 1.807) is 0 Å². The molecule has 1 N–H and O–H groups in total. The second-order valence-electron chi connectivity index (χ2n) is 7.80. The zero-order valence-corrected chi connectivity index (χ0v) is 15.3. The Morgan fingerprint density at radius 1 is 0.810 bits per heavy atom. The number of hydrogen-bond acceptors (Lipinski definition) is 1. The lowest BCUT2D eigenvalue weighted by molar-refractivity contribution is 0.123. The molecule has 0 saturated carbocycles. The van der Waals surface area contributed by atoms with E-state index in [1.807, 2.05) is 6.08 Å². The van der Waals surface area contributed by atoms with E-state index in [1.165, 1.54) is 38.5 Å². The Kier molecular flexibility index (Phi) is 12.1. The van der Waals surface area contributed by atoms with Crippen LogP contribution in [0.15, 0.2) is 12.7 Å². The fraction of sp³-hybridized carbons (Fsp3) is 0.900. The second kappa shape index (κ2) is 12.3. The number of aliphatic hydroxyl groups is 1. The summed E-state index contributed by atoms with van der Waals surface area (Å²) in [4.78, 5) is 0. The summed E-state index contributed by atoms with van der Waals surface area (Å²) in [5.41, 5.74) is 0. The molecule has 0 aliphatic carbocycles. The zero-order chi connectivity index (χ0) is 16.3. The molecule has 0 aromatic heterocycles. The lowest BCUT2D eigenvalue weighted by Gasteiger charge is -2.19. The summed E-state index contributed by atoms with van der Waals surface area (Å²) >= 11 is 0. The smallest absolute Gasteiger partial charge is 0.0548 e. The number of aliphatic hydroxyl groups excluding tert-OH is 1. The summed E-state index contributed by atoms with van der Waals surface area (Å²) in [6, 6.07) is 0. The third-order valence-electron chi connectivity index (χ3n) is 4.59. The average molecular weight is 297 g/mol. The highest BCUT2D eigenvalue weighted by atomic mass is 16.3. The molecule has 1 nitrogen and oxygen atoms in total. The van der Waals surface area contributed by atoms with E-state index in [4.69, 9.17) is 0 Å². The predicted molar refractivity (Wildman–Crippen MR) is 95.5 cm³/mol. The monoisotopic (exact) mass is 296 g/mol. The van der Waals surface area contributed by atoms with Crippen molar-refractivity contribution in [2.45, 2.75) is 92.1 Å². The topological polar surface area (TPSA) is 20.2 Å². The SMILES string of the molecule is C=CC(C)CC(O)CC(C)CCCC(C)CCCC(C)C. The summed E-state index contributed by atoms with van der Waals surface area (Å²) in [5.74, 6) is 2.77.